The molecule has 3 rings (SSSR count). The van der Waals surface area contributed by atoms with Gasteiger partial charge < -0.3 is 10.1 Å². The number of carbonyl (C=O) groups excluding carboxylic acids is 1. The second-order valence-corrected chi connectivity index (χ2v) is 11.0. The molecule has 2 atom stereocenters. The molecule has 0 spiro atoms. The Hall–Kier alpha value is -1.63. The summed E-state index contributed by atoms with van der Waals surface area (Å²) in [5, 5.41) is 4.80. The van der Waals surface area contributed by atoms with Crippen molar-refractivity contribution >= 4 is 44.7 Å². The number of thiazole rings is 1. The molecule has 1 aromatic heterocycles. The van der Waals surface area contributed by atoms with E-state index < -0.39 is 39.6 Å². The lowest BCUT2D eigenvalue weighted by molar-refractivity contribution is -0.120. The highest BCUT2D eigenvalue weighted by atomic mass is 35.5. The number of nitrogens with one attached hydrogen (secondary N) is 2. The second kappa shape index (κ2) is 9.47. The molecule has 0 radical (unpaired) electrons. The summed E-state index contributed by atoms with van der Waals surface area (Å²) in [6.45, 7) is 5.67. The maximum atomic E-state index is 13.4. The van der Waals surface area contributed by atoms with Crippen molar-refractivity contribution in [2.45, 2.75) is 44.9 Å². The molecule has 1 fully saturated rings. The average molecular weight is 491 g/mol. The highest BCUT2D eigenvalue weighted by molar-refractivity contribution is 7.87. The van der Waals surface area contributed by atoms with Gasteiger partial charge in [-0.25, -0.2) is 9.37 Å². The van der Waals surface area contributed by atoms with Gasteiger partial charge in [0.15, 0.2) is 0 Å². The van der Waals surface area contributed by atoms with E-state index in [4.69, 9.17) is 16.3 Å². The van der Waals surface area contributed by atoms with Crippen LogP contribution in [0.3, 0.4) is 0 Å². The van der Waals surface area contributed by atoms with Crippen molar-refractivity contribution in [1.29, 1.82) is 0 Å². The van der Waals surface area contributed by atoms with Crippen LogP contribution in [0.2, 0.25) is 5.02 Å². The van der Waals surface area contributed by atoms with Crippen LogP contribution >= 0.6 is 22.9 Å². The Bertz CT molecular complexity index is 1030. The van der Waals surface area contributed by atoms with E-state index in [0.717, 1.165) is 10.4 Å². The molecule has 2 N–H and O–H groups in total. The van der Waals surface area contributed by atoms with Crippen LogP contribution in [0.4, 0.5) is 10.1 Å². The zero-order valence-corrected chi connectivity index (χ0v) is 19.7. The summed E-state index contributed by atoms with van der Waals surface area (Å²) in [4.78, 5) is 17.3. The van der Waals surface area contributed by atoms with Crippen LogP contribution in [-0.2, 0) is 19.7 Å². The number of amides is 1. The van der Waals surface area contributed by atoms with Gasteiger partial charge in [-0.3, -0.25) is 4.79 Å². The number of carbonyl (C=O) groups is 1. The van der Waals surface area contributed by atoms with Crippen LogP contribution in [-0.4, -0.2) is 48.4 Å². The smallest absolute Gasteiger partial charge is 0.280 e. The Morgan fingerprint density at radius 3 is 2.81 bits per heavy atom. The Labute approximate surface area is 189 Å². The first-order valence-electron chi connectivity index (χ1n) is 9.54. The van der Waals surface area contributed by atoms with Crippen LogP contribution in [0.1, 0.15) is 38.2 Å². The summed E-state index contributed by atoms with van der Waals surface area (Å²) in [7, 11) is -3.99. The molecule has 0 aliphatic carbocycles. The van der Waals surface area contributed by atoms with E-state index in [1.807, 2.05) is 20.8 Å². The molecule has 1 saturated heterocycles. The van der Waals surface area contributed by atoms with Crippen molar-refractivity contribution < 1.29 is 22.3 Å². The number of aromatic nitrogens is 1. The van der Waals surface area contributed by atoms with Crippen molar-refractivity contribution in [3.63, 3.8) is 0 Å². The van der Waals surface area contributed by atoms with Gasteiger partial charge in [-0.1, -0.05) is 11.6 Å². The zero-order chi connectivity index (χ0) is 22.8. The second-order valence-electron chi connectivity index (χ2n) is 7.99. The third-order valence-corrected chi connectivity index (χ3v) is 7.31. The Balaban J connectivity index is 1.85. The monoisotopic (exact) mass is 490 g/mol. The highest BCUT2D eigenvalue weighted by Crippen LogP contribution is 2.31. The molecule has 2 aromatic rings. The highest BCUT2D eigenvalue weighted by Gasteiger charge is 2.43. The van der Waals surface area contributed by atoms with Crippen LogP contribution < -0.4 is 10.0 Å². The normalized spacial score (nSPS) is 21.7. The molecule has 1 amide bonds. The molecular weight excluding hydrogens is 467 g/mol. The van der Waals surface area contributed by atoms with Gasteiger partial charge in [0, 0.05) is 23.8 Å². The molecule has 1 aliphatic rings. The van der Waals surface area contributed by atoms with E-state index in [9.17, 15) is 17.6 Å². The Morgan fingerprint density at radius 1 is 1.45 bits per heavy atom. The van der Waals surface area contributed by atoms with Gasteiger partial charge in [-0.05, 0) is 45.4 Å². The van der Waals surface area contributed by atoms with Crippen molar-refractivity contribution in [2.75, 3.05) is 18.5 Å². The number of nitrogens with zero attached hydrogens (tertiary/aromatic N) is 2. The Morgan fingerprint density at radius 2 is 2.19 bits per heavy atom. The van der Waals surface area contributed by atoms with E-state index >= 15 is 0 Å². The van der Waals surface area contributed by atoms with Crippen LogP contribution in [0.15, 0.2) is 29.8 Å². The van der Waals surface area contributed by atoms with Crippen molar-refractivity contribution in [1.82, 2.24) is 14.0 Å². The van der Waals surface area contributed by atoms with Gasteiger partial charge >= 0.3 is 0 Å². The van der Waals surface area contributed by atoms with Crippen LogP contribution in [0, 0.1) is 5.82 Å². The molecule has 0 unspecified atom stereocenters. The van der Waals surface area contributed by atoms with E-state index in [1.54, 1.807) is 11.6 Å². The largest absolute Gasteiger partial charge is 0.374 e. The summed E-state index contributed by atoms with van der Waals surface area (Å²) in [5.41, 5.74) is -0.192. The third-order valence-electron chi connectivity index (χ3n) is 4.49. The van der Waals surface area contributed by atoms with Gasteiger partial charge in [-0.2, -0.15) is 17.4 Å². The molecule has 1 aromatic carbocycles. The first-order chi connectivity index (χ1) is 14.5. The van der Waals surface area contributed by atoms with Crippen LogP contribution in [0.5, 0.6) is 0 Å². The summed E-state index contributed by atoms with van der Waals surface area (Å²) in [5.74, 6) is -1.17. The topological polar surface area (TPSA) is 101 Å². The molecule has 0 bridgehead atoms. The summed E-state index contributed by atoms with van der Waals surface area (Å²) in [6, 6.07) is 2.10. The van der Waals surface area contributed by atoms with Crippen molar-refractivity contribution in [2.24, 2.45) is 0 Å². The Kier molecular flexibility index (Phi) is 7.34. The van der Waals surface area contributed by atoms with Crippen LogP contribution in [0.25, 0.3) is 0 Å². The fourth-order valence-electron chi connectivity index (χ4n) is 3.12. The number of benzene rings is 1. The lowest BCUT2D eigenvalue weighted by Gasteiger charge is -2.38. The van der Waals surface area contributed by atoms with Gasteiger partial charge in [0.2, 0.25) is 5.91 Å². The van der Waals surface area contributed by atoms with E-state index in [0.29, 0.717) is 5.01 Å². The van der Waals surface area contributed by atoms with Gasteiger partial charge in [0.1, 0.15) is 16.9 Å². The third kappa shape index (κ3) is 6.21. The molecule has 31 heavy (non-hydrogen) atoms. The number of rotatable bonds is 6. The lowest BCUT2D eigenvalue weighted by Crippen LogP contribution is -2.58. The average Bonchev–Trinajstić information content (AvgIpc) is 3.19. The molecule has 8 nitrogen and oxygen atoms in total. The predicted octanol–water partition coefficient (Wildman–Crippen LogP) is 3.34. The van der Waals surface area contributed by atoms with Crippen molar-refractivity contribution in [3.05, 3.63) is 45.6 Å². The first kappa shape index (κ1) is 24.0. The summed E-state index contributed by atoms with van der Waals surface area (Å²) in [6.07, 6.45) is 1.75. The molecule has 170 valence electrons. The van der Waals surface area contributed by atoms with E-state index in [1.165, 1.54) is 23.5 Å². The number of hydrogen-bond donors (Lipinski definition) is 2. The molecule has 2 heterocycles. The van der Waals surface area contributed by atoms with Crippen molar-refractivity contribution in [3.8, 4) is 0 Å². The fraction of sp³-hybridized carbons (Fsp3) is 0.474. The molecular formula is C19H24ClFN4O4S2. The first-order valence-corrected chi connectivity index (χ1v) is 12.2. The maximum Gasteiger partial charge on any atom is 0.280 e. The number of hydrogen-bond acceptors (Lipinski definition) is 6. The van der Waals surface area contributed by atoms with Gasteiger partial charge in [0.25, 0.3) is 10.2 Å². The molecule has 0 saturated carbocycles. The maximum absolute atomic E-state index is 13.4. The minimum atomic E-state index is -3.99. The minimum absolute atomic E-state index is 0.0144. The number of halogens is 2. The minimum Gasteiger partial charge on any atom is -0.374 e. The summed E-state index contributed by atoms with van der Waals surface area (Å²) >= 11 is 7.09. The summed E-state index contributed by atoms with van der Waals surface area (Å²) < 4.78 is 48.8. The molecule has 1 aliphatic heterocycles. The predicted molar refractivity (Wildman–Crippen MR) is 118 cm³/mol. The van der Waals surface area contributed by atoms with E-state index in [2.05, 4.69) is 15.0 Å². The number of anilines is 1. The standard InChI is InChI=1S/C19H24ClFN4O4S2/c1-19(2,3)29-8-7-25-16(17(26)23-12-4-5-14(21)13(20)10-12)11-15(24-31(25,27)28)18-22-6-9-30-18/h4-6,9-10,15-16,24H,7-8,11H2,1-3H3,(H,23,26)/t15-,16+/m0/s1. The SMILES string of the molecule is CC(C)(C)OCCN1[C@@H](C(=O)Nc2ccc(F)c(Cl)c2)C[C@@H](c2nccs2)NS1(=O)=O. The quantitative estimate of drug-likeness (QED) is 0.646. The van der Waals surface area contributed by atoms with E-state index in [-0.39, 0.29) is 30.3 Å². The number of ether oxygens (including phenoxy) is 1. The fourth-order valence-corrected chi connectivity index (χ4v) is 5.61. The van der Waals surface area contributed by atoms with Gasteiger partial charge in [-0.15, -0.1) is 11.3 Å². The molecule has 12 heteroatoms. The zero-order valence-electron chi connectivity index (χ0n) is 17.3. The lowest BCUT2D eigenvalue weighted by atomic mass is 10.1. The van der Waals surface area contributed by atoms with Gasteiger partial charge in [0.05, 0.1) is 23.3 Å².